The third-order valence-corrected chi connectivity index (χ3v) is 5.13. The van der Waals surface area contributed by atoms with Crippen LogP contribution < -0.4 is 5.56 Å². The van der Waals surface area contributed by atoms with Crippen LogP contribution in [-0.2, 0) is 6.42 Å². The summed E-state index contributed by atoms with van der Waals surface area (Å²) in [4.78, 5) is 27.3. The van der Waals surface area contributed by atoms with Crippen molar-refractivity contribution in [1.82, 2.24) is 15.1 Å². The van der Waals surface area contributed by atoms with Gasteiger partial charge in [0, 0.05) is 11.9 Å². The molecule has 0 bridgehead atoms. The summed E-state index contributed by atoms with van der Waals surface area (Å²) in [5, 5.41) is 7.68. The molecule has 2 heterocycles. The van der Waals surface area contributed by atoms with Crippen molar-refractivity contribution in [2.45, 2.75) is 32.2 Å². The van der Waals surface area contributed by atoms with Crippen LogP contribution in [-0.4, -0.2) is 27.5 Å². The van der Waals surface area contributed by atoms with Crippen LogP contribution in [0.25, 0.3) is 10.8 Å². The third-order valence-electron chi connectivity index (χ3n) is 5.13. The highest BCUT2D eigenvalue weighted by molar-refractivity contribution is 6.04. The lowest BCUT2D eigenvalue weighted by Gasteiger charge is -2.37. The lowest BCUT2D eigenvalue weighted by molar-refractivity contribution is 0.0644. The number of aromatic amines is 1. The van der Waals surface area contributed by atoms with Crippen molar-refractivity contribution >= 4 is 16.7 Å². The number of carbonyl (C=O) groups excluding carboxylic acids is 1. The van der Waals surface area contributed by atoms with Crippen LogP contribution in [0.2, 0.25) is 0 Å². The second-order valence-corrected chi connectivity index (χ2v) is 6.70. The van der Waals surface area contributed by atoms with Crippen LogP contribution in [0.5, 0.6) is 0 Å². The Morgan fingerprint density at radius 1 is 1.15 bits per heavy atom. The van der Waals surface area contributed by atoms with E-state index in [1.54, 1.807) is 18.2 Å². The summed E-state index contributed by atoms with van der Waals surface area (Å²) < 4.78 is 0. The Morgan fingerprint density at radius 2 is 1.88 bits per heavy atom. The van der Waals surface area contributed by atoms with E-state index in [1.165, 1.54) is 11.1 Å². The van der Waals surface area contributed by atoms with Gasteiger partial charge in [-0.05, 0) is 30.0 Å². The van der Waals surface area contributed by atoms with Gasteiger partial charge >= 0.3 is 0 Å². The summed E-state index contributed by atoms with van der Waals surface area (Å²) >= 11 is 0. The molecule has 5 nitrogen and oxygen atoms in total. The molecule has 1 aromatic heterocycles. The Hall–Kier alpha value is -2.95. The lowest BCUT2D eigenvalue weighted by Crippen LogP contribution is -2.40. The van der Waals surface area contributed by atoms with Crippen LogP contribution in [0.3, 0.4) is 0 Å². The molecule has 0 saturated heterocycles. The number of hydrogen-bond acceptors (Lipinski definition) is 3. The number of nitrogens with zero attached hydrogens (tertiary/aromatic N) is 2. The molecule has 0 spiro atoms. The van der Waals surface area contributed by atoms with Gasteiger partial charge in [-0.1, -0.05) is 55.8 Å². The van der Waals surface area contributed by atoms with Crippen LogP contribution in [0.1, 0.15) is 47.4 Å². The molecule has 4 rings (SSSR count). The minimum Gasteiger partial charge on any atom is -0.330 e. The minimum absolute atomic E-state index is 0.0462. The lowest BCUT2D eigenvalue weighted by atomic mass is 9.89. The summed E-state index contributed by atoms with van der Waals surface area (Å²) in [6.07, 6.45) is 2.73. The maximum absolute atomic E-state index is 13.4. The molecule has 0 fully saturated rings. The van der Waals surface area contributed by atoms with Crippen molar-refractivity contribution in [3.05, 3.63) is 75.7 Å². The summed E-state index contributed by atoms with van der Waals surface area (Å²) in [6.45, 7) is 2.79. The van der Waals surface area contributed by atoms with Crippen LogP contribution in [0, 0.1) is 0 Å². The molecule has 1 N–H and O–H groups in total. The molecule has 1 aliphatic heterocycles. The van der Waals surface area contributed by atoms with E-state index in [0.717, 1.165) is 19.3 Å². The van der Waals surface area contributed by atoms with Gasteiger partial charge in [-0.2, -0.15) is 5.10 Å². The number of amides is 1. The summed E-state index contributed by atoms with van der Waals surface area (Å²) in [5.41, 5.74) is 2.59. The van der Waals surface area contributed by atoms with Crippen LogP contribution in [0.4, 0.5) is 0 Å². The maximum Gasteiger partial charge on any atom is 0.275 e. The maximum atomic E-state index is 13.4. The Bertz CT molecular complexity index is 1020. The monoisotopic (exact) mass is 347 g/mol. The molecule has 132 valence electrons. The second kappa shape index (κ2) is 6.75. The smallest absolute Gasteiger partial charge is 0.275 e. The number of nitrogens with one attached hydrogen (secondary N) is 1. The Kier molecular flexibility index (Phi) is 4.29. The van der Waals surface area contributed by atoms with Gasteiger partial charge in [-0.15, -0.1) is 0 Å². The van der Waals surface area contributed by atoms with E-state index >= 15 is 0 Å². The number of H-pyrrole nitrogens is 1. The molecule has 0 saturated carbocycles. The molecule has 2 aromatic carbocycles. The molecule has 1 atom stereocenters. The van der Waals surface area contributed by atoms with E-state index in [4.69, 9.17) is 0 Å². The minimum atomic E-state index is -0.272. The predicted octanol–water partition coefficient (Wildman–Crippen LogP) is 3.46. The van der Waals surface area contributed by atoms with Gasteiger partial charge in [-0.3, -0.25) is 9.59 Å². The van der Waals surface area contributed by atoms with E-state index in [0.29, 0.717) is 23.0 Å². The molecule has 1 aliphatic rings. The SMILES string of the molecule is CCCC1c2ccccc2CCN1C(=O)c1n[nH]c(=O)c2ccccc12. The second-order valence-electron chi connectivity index (χ2n) is 6.70. The summed E-state index contributed by atoms with van der Waals surface area (Å²) in [7, 11) is 0. The molecule has 26 heavy (non-hydrogen) atoms. The molecular formula is C21H21N3O2. The fraction of sp³-hybridized carbons (Fsp3) is 0.286. The predicted molar refractivity (Wildman–Crippen MR) is 101 cm³/mol. The number of rotatable bonds is 3. The van der Waals surface area contributed by atoms with Gasteiger partial charge < -0.3 is 4.90 Å². The molecule has 5 heteroatoms. The molecule has 3 aromatic rings. The zero-order chi connectivity index (χ0) is 18.1. The van der Waals surface area contributed by atoms with Crippen molar-refractivity contribution < 1.29 is 4.79 Å². The summed E-state index contributed by atoms with van der Waals surface area (Å²) in [6, 6.07) is 15.5. The van der Waals surface area contributed by atoms with Gasteiger partial charge in [0.15, 0.2) is 5.69 Å². The van der Waals surface area contributed by atoms with E-state index in [2.05, 4.69) is 35.3 Å². The van der Waals surface area contributed by atoms with Crippen molar-refractivity contribution in [3.63, 3.8) is 0 Å². The van der Waals surface area contributed by atoms with Crippen molar-refractivity contribution in [2.24, 2.45) is 0 Å². The number of carbonyl (C=O) groups is 1. The molecular weight excluding hydrogens is 326 g/mol. The van der Waals surface area contributed by atoms with Crippen molar-refractivity contribution in [3.8, 4) is 0 Å². The molecule has 0 aliphatic carbocycles. The average Bonchev–Trinajstić information content (AvgIpc) is 2.68. The van der Waals surface area contributed by atoms with Crippen LogP contribution >= 0.6 is 0 Å². The summed E-state index contributed by atoms with van der Waals surface area (Å²) in [5.74, 6) is -0.120. The highest BCUT2D eigenvalue weighted by atomic mass is 16.2. The standard InChI is InChI=1S/C21H21N3O2/c1-2-7-18-15-9-4-3-8-14(15)12-13-24(18)21(26)19-16-10-5-6-11-17(16)20(25)23-22-19/h3-6,8-11,18H,2,7,12-13H2,1H3,(H,23,25). The van der Waals surface area contributed by atoms with E-state index < -0.39 is 0 Å². The molecule has 0 radical (unpaired) electrons. The van der Waals surface area contributed by atoms with E-state index in [1.807, 2.05) is 17.0 Å². The first-order chi connectivity index (χ1) is 12.7. The largest absolute Gasteiger partial charge is 0.330 e. The first kappa shape index (κ1) is 16.5. The quantitative estimate of drug-likeness (QED) is 0.789. The van der Waals surface area contributed by atoms with E-state index in [9.17, 15) is 9.59 Å². The molecule has 1 unspecified atom stereocenters. The Balaban J connectivity index is 1.79. The first-order valence-electron chi connectivity index (χ1n) is 9.07. The Labute approximate surface area is 151 Å². The normalized spacial score (nSPS) is 16.5. The van der Waals surface area contributed by atoms with Gasteiger partial charge in [0.1, 0.15) is 0 Å². The topological polar surface area (TPSA) is 66.1 Å². The fourth-order valence-electron chi connectivity index (χ4n) is 3.89. The fourth-order valence-corrected chi connectivity index (χ4v) is 3.89. The first-order valence-corrected chi connectivity index (χ1v) is 9.07. The zero-order valence-corrected chi connectivity index (χ0v) is 14.7. The van der Waals surface area contributed by atoms with Crippen molar-refractivity contribution in [2.75, 3.05) is 6.54 Å². The van der Waals surface area contributed by atoms with Gasteiger partial charge in [0.2, 0.25) is 0 Å². The van der Waals surface area contributed by atoms with Crippen LogP contribution in [0.15, 0.2) is 53.3 Å². The zero-order valence-electron chi connectivity index (χ0n) is 14.7. The molecule has 1 amide bonds. The van der Waals surface area contributed by atoms with E-state index in [-0.39, 0.29) is 17.5 Å². The number of hydrogen-bond donors (Lipinski definition) is 1. The van der Waals surface area contributed by atoms with Gasteiger partial charge in [-0.25, -0.2) is 5.10 Å². The van der Waals surface area contributed by atoms with Crippen molar-refractivity contribution in [1.29, 1.82) is 0 Å². The Morgan fingerprint density at radius 3 is 2.69 bits per heavy atom. The average molecular weight is 347 g/mol. The number of aromatic nitrogens is 2. The van der Waals surface area contributed by atoms with Gasteiger partial charge in [0.25, 0.3) is 11.5 Å². The number of fused-ring (bicyclic) bond motifs is 2. The number of benzene rings is 2. The highest BCUT2D eigenvalue weighted by Gasteiger charge is 2.32. The highest BCUT2D eigenvalue weighted by Crippen LogP contribution is 2.34. The third kappa shape index (κ3) is 2.69. The van der Waals surface area contributed by atoms with Gasteiger partial charge in [0.05, 0.1) is 11.4 Å².